The molecule has 0 radical (unpaired) electrons. The number of hydrogen-bond acceptors (Lipinski definition) is 4. The van der Waals surface area contributed by atoms with Crippen LogP contribution >= 0.6 is 0 Å². The van der Waals surface area contributed by atoms with Crippen LogP contribution in [0.5, 0.6) is 11.5 Å². The van der Waals surface area contributed by atoms with Crippen LogP contribution in [-0.2, 0) is 0 Å². The molecule has 0 aliphatic carbocycles. The van der Waals surface area contributed by atoms with Crippen LogP contribution in [0.4, 0.5) is 0 Å². The van der Waals surface area contributed by atoms with Crippen molar-refractivity contribution in [1.82, 2.24) is 0 Å². The number of rotatable bonds is 7. The topological polar surface area (TPSA) is 65.2 Å². The van der Waals surface area contributed by atoms with E-state index in [1.807, 2.05) is 84.9 Å². The van der Waals surface area contributed by atoms with Crippen molar-refractivity contribution in [2.75, 3.05) is 0 Å². The fourth-order valence-electron chi connectivity index (χ4n) is 3.55. The van der Waals surface area contributed by atoms with E-state index in [4.69, 9.17) is 9.98 Å². The van der Waals surface area contributed by atoms with E-state index in [2.05, 4.69) is 0 Å². The molecule has 4 rings (SSSR count). The molecular weight excluding hydrogens is 396 g/mol. The Bertz CT molecular complexity index is 1110. The molecule has 2 atom stereocenters. The molecule has 0 saturated carbocycles. The van der Waals surface area contributed by atoms with Gasteiger partial charge in [-0.2, -0.15) is 0 Å². The zero-order chi connectivity index (χ0) is 22.2. The summed E-state index contributed by atoms with van der Waals surface area (Å²) in [4.78, 5) is 9.69. The van der Waals surface area contributed by atoms with E-state index in [1.165, 1.54) is 0 Å². The lowest BCUT2D eigenvalue weighted by atomic mass is 9.92. The Hall–Kier alpha value is -4.18. The molecule has 4 heteroatoms. The monoisotopic (exact) mass is 420 g/mol. The minimum atomic E-state index is -0.551. The van der Waals surface area contributed by atoms with Crippen LogP contribution < -0.4 is 0 Å². The van der Waals surface area contributed by atoms with Gasteiger partial charge in [-0.25, -0.2) is 0 Å². The third-order valence-corrected chi connectivity index (χ3v) is 5.18. The second-order valence-electron chi connectivity index (χ2n) is 7.39. The predicted molar refractivity (Wildman–Crippen MR) is 130 cm³/mol. The zero-order valence-corrected chi connectivity index (χ0v) is 17.5. The highest BCUT2D eigenvalue weighted by Crippen LogP contribution is 2.41. The van der Waals surface area contributed by atoms with Crippen molar-refractivity contribution in [3.05, 3.63) is 131 Å². The standard InChI is InChI=1S/C28H24N2O2/c31-25-17-9-7-15-23(25)27(29-19-21-11-3-1-4-12-21)28(24-16-8-10-18-26(24)32)30-20-22-13-5-2-6-14-22/h1-20,27-28,31-32H/t27-,28+. The maximum atomic E-state index is 10.6. The van der Waals surface area contributed by atoms with E-state index in [-0.39, 0.29) is 11.5 Å². The van der Waals surface area contributed by atoms with Crippen LogP contribution in [0, 0.1) is 0 Å². The third-order valence-electron chi connectivity index (χ3n) is 5.18. The fraction of sp³-hybridized carbons (Fsp3) is 0.0714. The van der Waals surface area contributed by atoms with Gasteiger partial charge in [0.2, 0.25) is 0 Å². The molecule has 2 N–H and O–H groups in total. The van der Waals surface area contributed by atoms with E-state index >= 15 is 0 Å². The number of phenols is 2. The number of phenolic OH excluding ortho intramolecular Hbond substituents is 2. The van der Waals surface area contributed by atoms with Gasteiger partial charge in [-0.3, -0.25) is 9.98 Å². The maximum Gasteiger partial charge on any atom is 0.121 e. The Kier molecular flexibility index (Phi) is 6.73. The second kappa shape index (κ2) is 10.2. The average Bonchev–Trinajstić information content (AvgIpc) is 2.84. The van der Waals surface area contributed by atoms with Gasteiger partial charge in [-0.1, -0.05) is 97.1 Å². The number of aliphatic imine (C=N–C) groups is 2. The van der Waals surface area contributed by atoms with E-state index in [0.29, 0.717) is 11.1 Å². The first-order valence-electron chi connectivity index (χ1n) is 10.4. The first-order chi connectivity index (χ1) is 15.7. The number of aromatic hydroxyl groups is 2. The molecule has 0 aliphatic heterocycles. The Morgan fingerprint density at radius 2 is 0.812 bits per heavy atom. The van der Waals surface area contributed by atoms with Gasteiger partial charge in [0.1, 0.15) is 23.6 Å². The summed E-state index contributed by atoms with van der Waals surface area (Å²) in [6, 6.07) is 32.7. The second-order valence-corrected chi connectivity index (χ2v) is 7.39. The van der Waals surface area contributed by atoms with Crippen LogP contribution in [0.3, 0.4) is 0 Å². The van der Waals surface area contributed by atoms with Crippen molar-refractivity contribution in [1.29, 1.82) is 0 Å². The van der Waals surface area contributed by atoms with Crippen LogP contribution in [0.25, 0.3) is 0 Å². The smallest absolute Gasteiger partial charge is 0.121 e. The minimum absolute atomic E-state index is 0.137. The predicted octanol–water partition coefficient (Wildman–Crippen LogP) is 6.12. The van der Waals surface area contributed by atoms with E-state index in [9.17, 15) is 10.2 Å². The number of para-hydroxylation sites is 2. The van der Waals surface area contributed by atoms with Gasteiger partial charge in [-0.05, 0) is 23.3 Å². The van der Waals surface area contributed by atoms with Gasteiger partial charge in [-0.15, -0.1) is 0 Å². The van der Waals surface area contributed by atoms with Gasteiger partial charge < -0.3 is 10.2 Å². The molecule has 158 valence electrons. The number of hydrogen-bond donors (Lipinski definition) is 2. The highest BCUT2D eigenvalue weighted by molar-refractivity contribution is 5.81. The van der Waals surface area contributed by atoms with E-state index < -0.39 is 12.1 Å². The first kappa shape index (κ1) is 21.1. The first-order valence-corrected chi connectivity index (χ1v) is 10.4. The average molecular weight is 421 g/mol. The van der Waals surface area contributed by atoms with E-state index in [0.717, 1.165) is 11.1 Å². The zero-order valence-electron chi connectivity index (χ0n) is 17.5. The van der Waals surface area contributed by atoms with Crippen LogP contribution in [0.2, 0.25) is 0 Å². The van der Waals surface area contributed by atoms with Gasteiger partial charge in [0.25, 0.3) is 0 Å². The normalized spacial score (nSPS) is 13.4. The maximum absolute atomic E-state index is 10.6. The number of benzene rings is 4. The fourth-order valence-corrected chi connectivity index (χ4v) is 3.55. The molecule has 0 amide bonds. The summed E-state index contributed by atoms with van der Waals surface area (Å²) in [5, 5.41) is 21.3. The van der Waals surface area contributed by atoms with Crippen LogP contribution in [0.15, 0.2) is 119 Å². The van der Waals surface area contributed by atoms with Gasteiger partial charge in [0.05, 0.1) is 0 Å². The largest absolute Gasteiger partial charge is 0.508 e. The van der Waals surface area contributed by atoms with Crippen molar-refractivity contribution in [2.24, 2.45) is 9.98 Å². The van der Waals surface area contributed by atoms with Crippen molar-refractivity contribution < 1.29 is 10.2 Å². The molecule has 4 aromatic carbocycles. The molecule has 0 fully saturated rings. The molecule has 0 aliphatic rings. The molecule has 0 spiro atoms. The molecule has 0 bridgehead atoms. The summed E-state index contributed by atoms with van der Waals surface area (Å²) >= 11 is 0. The summed E-state index contributed by atoms with van der Waals surface area (Å²) in [5.74, 6) is 0.274. The van der Waals surface area contributed by atoms with Gasteiger partial charge in [0, 0.05) is 23.6 Å². The van der Waals surface area contributed by atoms with E-state index in [1.54, 1.807) is 36.7 Å². The Morgan fingerprint density at radius 1 is 0.469 bits per heavy atom. The number of nitrogens with zero attached hydrogens (tertiary/aromatic N) is 2. The van der Waals surface area contributed by atoms with Crippen molar-refractivity contribution in [2.45, 2.75) is 12.1 Å². The quantitative estimate of drug-likeness (QED) is 0.354. The van der Waals surface area contributed by atoms with Crippen LogP contribution in [-0.4, -0.2) is 22.6 Å². The van der Waals surface area contributed by atoms with Gasteiger partial charge >= 0.3 is 0 Å². The Balaban J connectivity index is 1.83. The summed E-state index contributed by atoms with van der Waals surface area (Å²) in [6.45, 7) is 0. The third kappa shape index (κ3) is 5.10. The SMILES string of the molecule is Oc1ccccc1[C@@H](N=Cc1ccccc1)[C@@H](N=Cc1ccccc1)c1ccccc1O. The lowest BCUT2D eigenvalue weighted by molar-refractivity contribution is 0.438. The molecule has 0 saturated heterocycles. The highest BCUT2D eigenvalue weighted by Gasteiger charge is 2.27. The molecule has 0 aromatic heterocycles. The molecule has 0 heterocycles. The molecule has 4 nitrogen and oxygen atoms in total. The molecular formula is C28H24N2O2. The summed E-state index contributed by atoms with van der Waals surface area (Å²) in [6.07, 6.45) is 3.56. The van der Waals surface area contributed by atoms with Crippen molar-refractivity contribution in [3.8, 4) is 11.5 Å². The lowest BCUT2D eigenvalue weighted by Gasteiger charge is -2.23. The summed E-state index contributed by atoms with van der Waals surface area (Å²) in [7, 11) is 0. The molecule has 32 heavy (non-hydrogen) atoms. The molecule has 4 aromatic rings. The Morgan fingerprint density at radius 3 is 1.19 bits per heavy atom. The summed E-state index contributed by atoms with van der Waals surface area (Å²) < 4.78 is 0. The van der Waals surface area contributed by atoms with Crippen LogP contribution in [0.1, 0.15) is 34.3 Å². The Labute approximate surface area is 187 Å². The highest BCUT2D eigenvalue weighted by atomic mass is 16.3. The molecule has 0 unspecified atom stereocenters. The van der Waals surface area contributed by atoms with Crippen molar-refractivity contribution in [3.63, 3.8) is 0 Å². The van der Waals surface area contributed by atoms with Crippen molar-refractivity contribution >= 4 is 12.4 Å². The minimum Gasteiger partial charge on any atom is -0.508 e. The van der Waals surface area contributed by atoms with Gasteiger partial charge in [0.15, 0.2) is 0 Å². The summed E-state index contributed by atoms with van der Waals surface area (Å²) in [5.41, 5.74) is 3.16. The lowest BCUT2D eigenvalue weighted by Crippen LogP contribution is -2.10.